The minimum Gasteiger partial charge on any atom is -0.364 e. The number of hydrogen-bond acceptors (Lipinski definition) is 6. The van der Waals surface area contributed by atoms with Crippen LogP contribution < -0.4 is 5.32 Å². The summed E-state index contributed by atoms with van der Waals surface area (Å²) in [4.78, 5) is 18.4. The molecule has 1 rings (SSSR count). The van der Waals surface area contributed by atoms with Gasteiger partial charge in [0.25, 0.3) is 0 Å². The van der Waals surface area contributed by atoms with Crippen LogP contribution in [0.1, 0.15) is 26.7 Å². The van der Waals surface area contributed by atoms with Gasteiger partial charge in [0.2, 0.25) is 11.0 Å². The second-order valence-corrected chi connectivity index (χ2v) is 4.90. The molecule has 0 radical (unpaired) electrons. The van der Waals surface area contributed by atoms with Gasteiger partial charge < -0.3 is 5.32 Å². The lowest BCUT2D eigenvalue weighted by Crippen LogP contribution is -2.06. The van der Waals surface area contributed by atoms with Gasteiger partial charge in [-0.05, 0) is 13.3 Å². The second-order valence-electron chi connectivity index (χ2n) is 3.48. The van der Waals surface area contributed by atoms with E-state index in [-0.39, 0.29) is 16.7 Å². The molecule has 0 aliphatic heterocycles. The Morgan fingerprint density at radius 1 is 1.44 bits per heavy atom. The molecule has 0 amide bonds. The van der Waals surface area contributed by atoms with Crippen LogP contribution in [-0.2, 0) is 0 Å². The van der Waals surface area contributed by atoms with Crippen LogP contribution in [-0.4, -0.2) is 27.2 Å². The Morgan fingerprint density at radius 2 is 2.17 bits per heavy atom. The molecule has 0 spiro atoms. The topological polar surface area (TPSA) is 81.0 Å². The van der Waals surface area contributed by atoms with Crippen molar-refractivity contribution < 1.29 is 4.92 Å². The van der Waals surface area contributed by atoms with E-state index in [1.807, 2.05) is 6.92 Å². The summed E-state index contributed by atoms with van der Waals surface area (Å²) in [5, 5.41) is 14.1. The SMILES string of the molecule is CCCCSc1nc(Cl)c([N+](=O)[O-])c(NCC)n1. The second kappa shape index (κ2) is 7.38. The van der Waals surface area contributed by atoms with E-state index in [1.165, 1.54) is 11.8 Å². The van der Waals surface area contributed by atoms with Crippen molar-refractivity contribution in [2.24, 2.45) is 0 Å². The first-order valence-corrected chi connectivity index (χ1v) is 7.05. The molecule has 1 heterocycles. The molecule has 18 heavy (non-hydrogen) atoms. The van der Waals surface area contributed by atoms with E-state index in [0.717, 1.165) is 18.6 Å². The Kier molecular flexibility index (Phi) is 6.14. The number of aromatic nitrogens is 2. The van der Waals surface area contributed by atoms with E-state index >= 15 is 0 Å². The molecule has 0 fully saturated rings. The highest BCUT2D eigenvalue weighted by molar-refractivity contribution is 7.99. The Bertz CT molecular complexity index is 431. The molecule has 100 valence electrons. The van der Waals surface area contributed by atoms with Crippen molar-refractivity contribution in [2.75, 3.05) is 17.6 Å². The quantitative estimate of drug-likeness (QED) is 0.207. The molecule has 0 aromatic carbocycles. The van der Waals surface area contributed by atoms with Crippen LogP contribution in [0.2, 0.25) is 5.15 Å². The van der Waals surface area contributed by atoms with Gasteiger partial charge in [-0.25, -0.2) is 4.98 Å². The minimum atomic E-state index is -0.569. The lowest BCUT2D eigenvalue weighted by molar-refractivity contribution is -0.384. The van der Waals surface area contributed by atoms with Crippen molar-refractivity contribution in [3.8, 4) is 0 Å². The van der Waals surface area contributed by atoms with E-state index in [1.54, 1.807) is 0 Å². The van der Waals surface area contributed by atoms with Crippen molar-refractivity contribution in [1.29, 1.82) is 0 Å². The van der Waals surface area contributed by atoms with Crippen LogP contribution in [0, 0.1) is 10.1 Å². The number of thioether (sulfide) groups is 1. The van der Waals surface area contributed by atoms with Crippen LogP contribution in [0.3, 0.4) is 0 Å². The molecule has 0 aliphatic carbocycles. The molecule has 0 saturated heterocycles. The predicted molar refractivity (Wildman–Crippen MR) is 73.5 cm³/mol. The number of rotatable bonds is 7. The normalized spacial score (nSPS) is 10.4. The molecule has 0 bridgehead atoms. The number of unbranched alkanes of at least 4 members (excludes halogenated alkanes) is 1. The minimum absolute atomic E-state index is 0.120. The van der Waals surface area contributed by atoms with Gasteiger partial charge in [0.15, 0.2) is 5.16 Å². The summed E-state index contributed by atoms with van der Waals surface area (Å²) < 4.78 is 0. The van der Waals surface area contributed by atoms with E-state index in [9.17, 15) is 10.1 Å². The van der Waals surface area contributed by atoms with Gasteiger partial charge >= 0.3 is 5.69 Å². The van der Waals surface area contributed by atoms with Gasteiger partial charge in [0, 0.05) is 12.3 Å². The first-order chi connectivity index (χ1) is 8.60. The van der Waals surface area contributed by atoms with Crippen LogP contribution in [0.4, 0.5) is 11.5 Å². The van der Waals surface area contributed by atoms with E-state index in [4.69, 9.17) is 11.6 Å². The lowest BCUT2D eigenvalue weighted by Gasteiger charge is -2.06. The summed E-state index contributed by atoms with van der Waals surface area (Å²) >= 11 is 7.28. The predicted octanol–water partition coefficient (Wildman–Crippen LogP) is 3.36. The van der Waals surface area contributed by atoms with Crippen LogP contribution in [0.15, 0.2) is 5.16 Å². The van der Waals surface area contributed by atoms with Gasteiger partial charge in [-0.15, -0.1) is 0 Å². The van der Waals surface area contributed by atoms with Gasteiger partial charge in [-0.3, -0.25) is 10.1 Å². The number of nitrogens with zero attached hydrogens (tertiary/aromatic N) is 3. The smallest absolute Gasteiger partial charge is 0.348 e. The monoisotopic (exact) mass is 290 g/mol. The molecule has 0 atom stereocenters. The highest BCUT2D eigenvalue weighted by atomic mass is 35.5. The largest absolute Gasteiger partial charge is 0.364 e. The maximum absolute atomic E-state index is 10.9. The van der Waals surface area contributed by atoms with Crippen molar-refractivity contribution in [1.82, 2.24) is 9.97 Å². The fourth-order valence-corrected chi connectivity index (χ4v) is 2.45. The summed E-state index contributed by atoms with van der Waals surface area (Å²) in [6.45, 7) is 4.46. The Labute approximate surface area is 115 Å². The zero-order valence-corrected chi connectivity index (χ0v) is 11.8. The zero-order chi connectivity index (χ0) is 13.5. The van der Waals surface area contributed by atoms with Gasteiger partial charge in [0.05, 0.1) is 4.92 Å². The van der Waals surface area contributed by atoms with Gasteiger partial charge in [0.1, 0.15) is 0 Å². The van der Waals surface area contributed by atoms with Crippen LogP contribution in [0.25, 0.3) is 0 Å². The van der Waals surface area contributed by atoms with Crippen molar-refractivity contribution in [2.45, 2.75) is 31.8 Å². The summed E-state index contributed by atoms with van der Waals surface area (Å²) in [7, 11) is 0. The first-order valence-electron chi connectivity index (χ1n) is 5.68. The number of anilines is 1. The first kappa shape index (κ1) is 15.0. The summed E-state index contributed by atoms with van der Waals surface area (Å²) in [6, 6.07) is 0. The third-order valence-electron chi connectivity index (χ3n) is 2.08. The Morgan fingerprint density at radius 3 is 2.72 bits per heavy atom. The van der Waals surface area contributed by atoms with Crippen molar-refractivity contribution in [3.63, 3.8) is 0 Å². The number of hydrogen-bond donors (Lipinski definition) is 1. The standard InChI is InChI=1S/C10H15ClN4O2S/c1-3-5-6-18-10-13-8(11)7(15(16)17)9(14-10)12-4-2/h3-6H2,1-2H3,(H,12,13,14). The molecule has 0 aliphatic rings. The third kappa shape index (κ3) is 3.99. The molecule has 1 aromatic rings. The van der Waals surface area contributed by atoms with Crippen molar-refractivity contribution >= 4 is 34.9 Å². The molecular weight excluding hydrogens is 276 g/mol. The third-order valence-corrected chi connectivity index (χ3v) is 3.27. The van der Waals surface area contributed by atoms with E-state index in [0.29, 0.717) is 11.7 Å². The molecule has 1 N–H and O–H groups in total. The summed E-state index contributed by atoms with van der Waals surface area (Å²) in [5.41, 5.74) is -0.265. The maximum atomic E-state index is 10.9. The van der Waals surface area contributed by atoms with Gasteiger partial charge in [-0.2, -0.15) is 4.98 Å². The molecular formula is C10H15ClN4O2S. The average Bonchev–Trinajstić information content (AvgIpc) is 2.28. The fraction of sp³-hybridized carbons (Fsp3) is 0.600. The molecule has 8 heteroatoms. The molecule has 1 aromatic heterocycles. The highest BCUT2D eigenvalue weighted by Gasteiger charge is 2.23. The highest BCUT2D eigenvalue weighted by Crippen LogP contribution is 2.31. The van der Waals surface area contributed by atoms with Crippen molar-refractivity contribution in [3.05, 3.63) is 15.3 Å². The molecule has 6 nitrogen and oxygen atoms in total. The van der Waals surface area contributed by atoms with Crippen LogP contribution in [0.5, 0.6) is 0 Å². The zero-order valence-electron chi connectivity index (χ0n) is 10.3. The summed E-state index contributed by atoms with van der Waals surface area (Å²) in [5.74, 6) is 1.05. The van der Waals surface area contributed by atoms with E-state index < -0.39 is 4.92 Å². The molecule has 0 unspecified atom stereocenters. The lowest BCUT2D eigenvalue weighted by atomic mass is 10.4. The Hall–Kier alpha value is -1.08. The fourth-order valence-electron chi connectivity index (χ4n) is 1.23. The number of nitrogens with one attached hydrogen (secondary N) is 1. The van der Waals surface area contributed by atoms with Gasteiger partial charge in [-0.1, -0.05) is 36.7 Å². The Balaban J connectivity index is 2.99. The number of halogens is 1. The van der Waals surface area contributed by atoms with Crippen LogP contribution >= 0.6 is 23.4 Å². The molecule has 0 saturated carbocycles. The number of nitro groups is 1. The van der Waals surface area contributed by atoms with E-state index in [2.05, 4.69) is 22.2 Å². The summed E-state index contributed by atoms with van der Waals surface area (Å²) in [6.07, 6.45) is 2.12. The average molecular weight is 291 g/mol. The maximum Gasteiger partial charge on any atom is 0.348 e.